The Balaban J connectivity index is 1.41. The number of imide groups is 1. The third kappa shape index (κ3) is 6.18. The van der Waals surface area contributed by atoms with Crippen molar-refractivity contribution in [2.24, 2.45) is 5.92 Å². The van der Waals surface area contributed by atoms with Crippen LogP contribution in [0.2, 0.25) is 0 Å². The van der Waals surface area contributed by atoms with Crippen LogP contribution in [0.4, 0.5) is 14.9 Å². The van der Waals surface area contributed by atoms with E-state index in [1.54, 1.807) is 26.3 Å². The lowest BCUT2D eigenvalue weighted by Gasteiger charge is -2.33. The molecule has 2 fully saturated rings. The first kappa shape index (κ1) is 31.2. The molecule has 1 unspecified atom stereocenters. The SMILES string of the molecule is COc1cc(-c2cccc(-c3cccc(NC(=O)C4CN(C)C(=O)N(C)C4=O)c3C)c2C)cc(F)c1CNC1CCOCC1. The summed E-state index contributed by atoms with van der Waals surface area (Å²) in [6.45, 7) is 5.69. The Morgan fingerprint density at radius 3 is 2.36 bits per heavy atom. The normalized spacial score (nSPS) is 17.6. The van der Waals surface area contributed by atoms with Crippen LogP contribution in [0.5, 0.6) is 5.75 Å². The van der Waals surface area contributed by atoms with E-state index in [-0.39, 0.29) is 18.4 Å². The number of benzene rings is 3. The summed E-state index contributed by atoms with van der Waals surface area (Å²) in [7, 11) is 4.49. The lowest BCUT2D eigenvalue weighted by molar-refractivity contribution is -0.140. The molecule has 2 aliphatic heterocycles. The van der Waals surface area contributed by atoms with Crippen LogP contribution in [-0.4, -0.2) is 74.7 Å². The van der Waals surface area contributed by atoms with E-state index in [4.69, 9.17) is 9.47 Å². The maximum atomic E-state index is 15.5. The van der Waals surface area contributed by atoms with Crippen LogP contribution in [0, 0.1) is 25.6 Å². The molecule has 2 N–H and O–H groups in total. The van der Waals surface area contributed by atoms with Gasteiger partial charge in [-0.1, -0.05) is 30.3 Å². The maximum absolute atomic E-state index is 15.5. The molecule has 0 bridgehead atoms. The molecule has 2 heterocycles. The van der Waals surface area contributed by atoms with Gasteiger partial charge >= 0.3 is 6.03 Å². The Labute approximate surface area is 257 Å². The molecule has 3 aromatic rings. The summed E-state index contributed by atoms with van der Waals surface area (Å²) >= 11 is 0. The van der Waals surface area contributed by atoms with Gasteiger partial charge in [-0.2, -0.15) is 0 Å². The van der Waals surface area contributed by atoms with Crippen molar-refractivity contribution >= 4 is 23.5 Å². The minimum absolute atomic E-state index is 0.0121. The van der Waals surface area contributed by atoms with Gasteiger partial charge in [0.15, 0.2) is 0 Å². The second-order valence-electron chi connectivity index (χ2n) is 11.5. The summed E-state index contributed by atoms with van der Waals surface area (Å²) in [5, 5.41) is 6.34. The number of methoxy groups -OCH3 is 1. The van der Waals surface area contributed by atoms with Crippen LogP contribution < -0.4 is 15.4 Å². The fourth-order valence-corrected chi connectivity index (χ4v) is 6.00. The van der Waals surface area contributed by atoms with E-state index in [1.165, 1.54) is 11.9 Å². The van der Waals surface area contributed by atoms with Gasteiger partial charge in [-0.25, -0.2) is 9.18 Å². The molecule has 1 atom stereocenters. The van der Waals surface area contributed by atoms with Crippen molar-refractivity contribution in [1.29, 1.82) is 0 Å². The molecule has 0 saturated carbocycles. The average Bonchev–Trinajstić information content (AvgIpc) is 3.02. The van der Waals surface area contributed by atoms with E-state index in [1.807, 2.05) is 50.2 Å². The predicted octanol–water partition coefficient (Wildman–Crippen LogP) is 5.13. The maximum Gasteiger partial charge on any atom is 0.326 e. The van der Waals surface area contributed by atoms with Crippen molar-refractivity contribution in [2.75, 3.05) is 46.3 Å². The lowest BCUT2D eigenvalue weighted by Crippen LogP contribution is -2.56. The number of nitrogens with zero attached hydrogens (tertiary/aromatic N) is 2. The Hall–Kier alpha value is -4.28. The van der Waals surface area contributed by atoms with E-state index in [0.717, 1.165) is 45.6 Å². The minimum atomic E-state index is -1.00. The molecule has 4 amide bonds. The molecule has 0 aromatic heterocycles. The van der Waals surface area contributed by atoms with E-state index < -0.39 is 23.8 Å². The highest BCUT2D eigenvalue weighted by atomic mass is 19.1. The topological polar surface area (TPSA) is 100 Å². The van der Waals surface area contributed by atoms with Gasteiger partial charge in [0.1, 0.15) is 17.5 Å². The number of nitrogens with one attached hydrogen (secondary N) is 2. The molecule has 5 rings (SSSR count). The average molecular weight is 603 g/mol. The Morgan fingerprint density at radius 2 is 1.66 bits per heavy atom. The van der Waals surface area contributed by atoms with E-state index in [9.17, 15) is 14.4 Å². The molecular weight excluding hydrogens is 563 g/mol. The summed E-state index contributed by atoms with van der Waals surface area (Å²) in [5.41, 5.74) is 6.22. The molecule has 0 spiro atoms. The molecule has 3 aromatic carbocycles. The van der Waals surface area contributed by atoms with Gasteiger partial charge in [-0.3, -0.25) is 14.5 Å². The number of halogens is 1. The highest BCUT2D eigenvalue weighted by molar-refractivity contribution is 6.12. The molecule has 0 aliphatic carbocycles. The molecule has 2 saturated heterocycles. The van der Waals surface area contributed by atoms with Crippen molar-refractivity contribution in [1.82, 2.24) is 15.1 Å². The van der Waals surface area contributed by atoms with Gasteiger partial charge in [0, 0.05) is 57.7 Å². The van der Waals surface area contributed by atoms with Crippen molar-refractivity contribution in [3.05, 3.63) is 71.0 Å². The Kier molecular flexibility index (Phi) is 9.31. The quantitative estimate of drug-likeness (QED) is 0.347. The van der Waals surface area contributed by atoms with Gasteiger partial charge in [0.2, 0.25) is 11.8 Å². The zero-order chi connectivity index (χ0) is 31.5. The van der Waals surface area contributed by atoms with Gasteiger partial charge < -0.3 is 25.0 Å². The summed E-state index contributed by atoms with van der Waals surface area (Å²) < 4.78 is 26.6. The van der Waals surface area contributed by atoms with Gasteiger partial charge in [0.25, 0.3) is 0 Å². The molecule has 9 nitrogen and oxygen atoms in total. The first-order chi connectivity index (χ1) is 21.1. The second kappa shape index (κ2) is 13.2. The van der Waals surface area contributed by atoms with Crippen molar-refractivity contribution in [3.63, 3.8) is 0 Å². The van der Waals surface area contributed by atoms with E-state index in [2.05, 4.69) is 10.6 Å². The van der Waals surface area contributed by atoms with Gasteiger partial charge in [0.05, 0.1) is 7.11 Å². The number of rotatable bonds is 8. The number of ether oxygens (including phenoxy) is 2. The molecule has 44 heavy (non-hydrogen) atoms. The van der Waals surface area contributed by atoms with Crippen LogP contribution in [0.25, 0.3) is 22.3 Å². The molecule has 232 valence electrons. The first-order valence-corrected chi connectivity index (χ1v) is 14.8. The smallest absolute Gasteiger partial charge is 0.326 e. The third-order valence-corrected chi connectivity index (χ3v) is 8.70. The number of amides is 4. The zero-order valence-corrected chi connectivity index (χ0v) is 25.8. The van der Waals surface area contributed by atoms with Crippen LogP contribution >= 0.6 is 0 Å². The summed E-state index contributed by atoms with van der Waals surface area (Å²) in [6, 6.07) is 14.7. The minimum Gasteiger partial charge on any atom is -0.496 e. The van der Waals surface area contributed by atoms with Gasteiger partial charge in [-0.05, 0) is 78.3 Å². The first-order valence-electron chi connectivity index (χ1n) is 14.8. The van der Waals surface area contributed by atoms with Crippen molar-refractivity contribution in [3.8, 4) is 28.0 Å². The summed E-state index contributed by atoms with van der Waals surface area (Å²) in [4.78, 5) is 40.3. The number of carbonyl (C=O) groups is 3. The summed E-state index contributed by atoms with van der Waals surface area (Å²) in [6.07, 6.45) is 1.79. The van der Waals surface area contributed by atoms with Crippen molar-refractivity contribution in [2.45, 2.75) is 39.3 Å². The van der Waals surface area contributed by atoms with Crippen LogP contribution in [-0.2, 0) is 20.9 Å². The molecular formula is C34H39FN4O5. The third-order valence-electron chi connectivity index (χ3n) is 8.70. The largest absolute Gasteiger partial charge is 0.496 e. The number of anilines is 1. The van der Waals surface area contributed by atoms with E-state index >= 15 is 4.39 Å². The highest BCUT2D eigenvalue weighted by Crippen LogP contribution is 2.38. The highest BCUT2D eigenvalue weighted by Gasteiger charge is 2.39. The molecule has 10 heteroatoms. The zero-order valence-electron chi connectivity index (χ0n) is 25.8. The van der Waals surface area contributed by atoms with Crippen LogP contribution in [0.3, 0.4) is 0 Å². The van der Waals surface area contributed by atoms with E-state index in [0.29, 0.717) is 42.3 Å². The van der Waals surface area contributed by atoms with Gasteiger partial charge in [-0.15, -0.1) is 0 Å². The number of hydrogen-bond donors (Lipinski definition) is 2. The predicted molar refractivity (Wildman–Crippen MR) is 167 cm³/mol. The van der Waals surface area contributed by atoms with Crippen LogP contribution in [0.1, 0.15) is 29.5 Å². The monoisotopic (exact) mass is 602 g/mol. The number of urea groups is 1. The Bertz CT molecular complexity index is 1590. The molecule has 0 radical (unpaired) electrons. The number of carbonyl (C=O) groups excluding carboxylic acids is 3. The summed E-state index contributed by atoms with van der Waals surface area (Å²) in [5.74, 6) is -1.85. The fraction of sp³-hybridized carbons (Fsp3) is 0.382. The fourth-order valence-electron chi connectivity index (χ4n) is 6.00. The number of hydrogen-bond acceptors (Lipinski definition) is 6. The lowest BCUT2D eigenvalue weighted by atomic mass is 9.90. The standard InChI is InChI=1S/C34H39FN4O5/c1-20-24(22-16-29(35)27(31(17-22)43-5)18-36-23-12-14-44-15-13-23)8-6-9-25(20)26-10-7-11-30(21(26)2)37-32(40)28-19-38(3)34(42)39(4)33(28)41/h6-11,16-17,23,28,36H,12-15,18-19H2,1-5H3,(H,37,40). The Morgan fingerprint density at radius 1 is 1.00 bits per heavy atom. The van der Waals surface area contributed by atoms with Crippen LogP contribution in [0.15, 0.2) is 48.5 Å². The molecule has 2 aliphatic rings. The second-order valence-corrected chi connectivity index (χ2v) is 11.5. The van der Waals surface area contributed by atoms with Crippen molar-refractivity contribution < 1.29 is 28.2 Å².